The van der Waals surface area contributed by atoms with Crippen LogP contribution in [0.3, 0.4) is 0 Å². The number of hydrogen-bond acceptors (Lipinski definition) is 6. The van der Waals surface area contributed by atoms with E-state index in [1.165, 1.54) is 11.1 Å². The van der Waals surface area contributed by atoms with E-state index < -0.39 is 16.2 Å². The highest BCUT2D eigenvalue weighted by molar-refractivity contribution is 5.99. The fourth-order valence-electron chi connectivity index (χ4n) is 19.6. The van der Waals surface area contributed by atoms with Gasteiger partial charge in [-0.3, -0.25) is 0 Å². The van der Waals surface area contributed by atoms with Gasteiger partial charge in [0.15, 0.2) is 0 Å². The second-order valence-corrected chi connectivity index (χ2v) is 29.7. The van der Waals surface area contributed by atoms with Gasteiger partial charge in [0.1, 0.15) is 34.5 Å². The van der Waals surface area contributed by atoms with Crippen molar-refractivity contribution in [3.63, 3.8) is 0 Å². The summed E-state index contributed by atoms with van der Waals surface area (Å²) < 4.78 is 21.4. The van der Waals surface area contributed by atoms with Gasteiger partial charge in [0.25, 0.3) is 0 Å². The van der Waals surface area contributed by atoms with Crippen molar-refractivity contribution in [3.8, 4) is 79.0 Å². The summed E-state index contributed by atoms with van der Waals surface area (Å²) in [5, 5.41) is 0. The Hall–Kier alpha value is -14.5. The summed E-state index contributed by atoms with van der Waals surface area (Å²) in [7, 11) is 0. The molecular weight excluding hydrogens is 1350 g/mol. The molecule has 0 unspecified atom stereocenters. The van der Waals surface area contributed by atoms with Crippen molar-refractivity contribution >= 4 is 51.2 Å². The third-order valence-electron chi connectivity index (χ3n) is 24.2. The first kappa shape index (κ1) is 62.7. The van der Waals surface area contributed by atoms with Gasteiger partial charge in [0.2, 0.25) is 0 Å². The predicted octanol–water partition coefficient (Wildman–Crippen LogP) is 27.2. The van der Waals surface area contributed by atoms with Crippen LogP contribution in [0.1, 0.15) is 66.8 Å². The molecule has 111 heavy (non-hydrogen) atoms. The van der Waals surface area contributed by atoms with E-state index in [0.29, 0.717) is 0 Å². The molecule has 23 rings (SSSR count). The Morgan fingerprint density at radius 3 is 0.523 bits per heavy atom. The molecule has 520 valence electrons. The van der Waals surface area contributed by atoms with Crippen molar-refractivity contribution < 1.29 is 14.2 Å². The first-order valence-corrected chi connectivity index (χ1v) is 38.2. The molecule has 3 spiro atoms. The van der Waals surface area contributed by atoms with Crippen LogP contribution < -0.4 is 28.9 Å². The van der Waals surface area contributed by atoms with E-state index in [0.717, 1.165) is 186 Å². The van der Waals surface area contributed by atoms with E-state index in [2.05, 4.69) is 421 Å². The van der Waals surface area contributed by atoms with Crippen LogP contribution in [0.4, 0.5) is 51.2 Å². The summed E-state index contributed by atoms with van der Waals surface area (Å²) in [6, 6.07) is 150. The number of nitrogens with zero attached hydrogens (tertiary/aromatic N) is 3. The monoisotopic (exact) mass is 1420 g/mol. The van der Waals surface area contributed by atoms with Gasteiger partial charge in [-0.1, -0.05) is 261 Å². The summed E-state index contributed by atoms with van der Waals surface area (Å²) in [6.07, 6.45) is 0. The first-order valence-electron chi connectivity index (χ1n) is 38.2. The molecule has 0 amide bonds. The van der Waals surface area contributed by atoms with Gasteiger partial charge in [-0.2, -0.15) is 0 Å². The van der Waals surface area contributed by atoms with Gasteiger partial charge in [-0.15, -0.1) is 0 Å². The van der Waals surface area contributed by atoms with Gasteiger partial charge in [-0.05, 0) is 223 Å². The molecule has 17 aromatic rings. The Morgan fingerprint density at radius 2 is 0.315 bits per heavy atom. The number of benzene rings is 17. The summed E-state index contributed by atoms with van der Waals surface area (Å²) in [6.45, 7) is 0. The minimum atomic E-state index is -0.969. The van der Waals surface area contributed by atoms with E-state index >= 15 is 0 Å². The van der Waals surface area contributed by atoms with Gasteiger partial charge in [0, 0.05) is 50.4 Å². The van der Waals surface area contributed by atoms with Crippen LogP contribution in [0.2, 0.25) is 0 Å². The largest absolute Gasteiger partial charge is 0.457 e. The molecule has 0 aromatic heterocycles. The Labute approximate surface area is 644 Å². The molecule has 6 heteroatoms. The highest BCUT2D eigenvalue weighted by Gasteiger charge is 2.56. The number of ether oxygens (including phenoxy) is 3. The molecule has 0 aliphatic carbocycles. The lowest BCUT2D eigenvalue weighted by molar-refractivity contribution is 0.433. The zero-order valence-corrected chi connectivity index (χ0v) is 60.2. The first-order chi connectivity index (χ1) is 55.0. The molecule has 6 aliphatic heterocycles. The van der Waals surface area contributed by atoms with Crippen LogP contribution in [0.15, 0.2) is 406 Å². The van der Waals surface area contributed by atoms with E-state index in [4.69, 9.17) is 14.2 Å². The molecule has 0 N–H and O–H groups in total. The van der Waals surface area contributed by atoms with Crippen LogP contribution >= 0.6 is 0 Å². The highest BCUT2D eigenvalue weighted by Crippen LogP contribution is 2.68. The van der Waals surface area contributed by atoms with Crippen molar-refractivity contribution in [2.45, 2.75) is 16.2 Å². The minimum absolute atomic E-state index is 0.807. The third kappa shape index (κ3) is 8.95. The molecule has 0 saturated heterocycles. The van der Waals surface area contributed by atoms with Crippen molar-refractivity contribution in [3.05, 3.63) is 473 Å². The van der Waals surface area contributed by atoms with E-state index in [9.17, 15) is 0 Å². The molecule has 0 fully saturated rings. The van der Waals surface area contributed by atoms with E-state index in [1.807, 2.05) is 0 Å². The SMILES string of the molecule is c1ccc(-c2ccc3c(c2)C2(c4ccccc4Oc4ccccc42)c2cc(-c4ccc5c(c4)C4(c6ccccc6Oc6ccccc64)c4cc(-c6ccc7c(c6)C6(c8ccccc8Oc8ccccc86)c6cc(-c8ccccc8)ccc6N7c6ccccc6)ccc4N5c4ccccc4)ccc2N3c2ccccc2)cc1. The molecule has 17 aromatic carbocycles. The standard InChI is InChI=1S/C105H67N3O3/c1-6-28-68(29-7-1)70-50-56-91-85(62-70)103(79-38-16-22-44-97(79)109-98-45-23-17-39-80(98)103)87-64-72(52-58-93(87)106(91)76-32-10-3-11-33-76)74-54-60-95-89(66-74)105(83-42-20-26-48-101(83)111-102-49-27-21-43-84(102)105)90-67-75(55-61-96(90)108(95)78-36-14-5-15-37-78)73-53-59-94-88(65-73)104(81-40-18-24-46-99(81)110-100-47-25-19-41-82(100)104)86-63-71(69-30-8-2-9-31-69)51-57-92(86)107(94)77-34-12-4-13-35-77/h1-67H. The molecule has 6 heterocycles. The quantitative estimate of drug-likeness (QED) is 0.158. The Bertz CT molecular complexity index is 6180. The number of anilines is 9. The van der Waals surface area contributed by atoms with E-state index in [1.54, 1.807) is 0 Å². The Morgan fingerprint density at radius 1 is 0.144 bits per heavy atom. The number of rotatable bonds is 7. The van der Waals surface area contributed by atoms with Gasteiger partial charge in [0.05, 0.1) is 50.4 Å². The van der Waals surface area contributed by atoms with E-state index in [-0.39, 0.29) is 0 Å². The summed E-state index contributed by atoms with van der Waals surface area (Å²) in [5.74, 6) is 4.93. The number of hydrogen-bond donors (Lipinski definition) is 0. The maximum absolute atomic E-state index is 7.22. The fourth-order valence-corrected chi connectivity index (χ4v) is 19.6. The highest BCUT2D eigenvalue weighted by atomic mass is 16.5. The van der Waals surface area contributed by atoms with Gasteiger partial charge in [-0.25, -0.2) is 0 Å². The second kappa shape index (κ2) is 24.3. The number of para-hydroxylation sites is 9. The second-order valence-electron chi connectivity index (χ2n) is 29.7. The Kier molecular flexibility index (Phi) is 13.7. The summed E-state index contributed by atoms with van der Waals surface area (Å²) in [4.78, 5) is 7.45. The fraction of sp³-hybridized carbons (Fsp3) is 0.0286. The van der Waals surface area contributed by atoms with Gasteiger partial charge < -0.3 is 28.9 Å². The molecule has 0 saturated carbocycles. The topological polar surface area (TPSA) is 37.4 Å². The lowest BCUT2D eigenvalue weighted by Gasteiger charge is -2.49. The maximum atomic E-state index is 7.22. The van der Waals surface area contributed by atoms with Crippen LogP contribution in [0.5, 0.6) is 34.5 Å². The van der Waals surface area contributed by atoms with Crippen molar-refractivity contribution in [1.82, 2.24) is 0 Å². The lowest BCUT2D eigenvalue weighted by Crippen LogP contribution is -2.40. The van der Waals surface area contributed by atoms with Crippen LogP contribution in [-0.4, -0.2) is 0 Å². The lowest BCUT2D eigenvalue weighted by atomic mass is 9.60. The Balaban J connectivity index is 0.790. The average molecular weight is 1420 g/mol. The summed E-state index contributed by atoms with van der Waals surface area (Å²) >= 11 is 0. The van der Waals surface area contributed by atoms with Crippen LogP contribution in [0.25, 0.3) is 44.5 Å². The molecule has 6 aliphatic rings. The minimum Gasteiger partial charge on any atom is -0.457 e. The number of fused-ring (bicyclic) bond motifs is 24. The van der Waals surface area contributed by atoms with Crippen molar-refractivity contribution in [2.75, 3.05) is 14.7 Å². The van der Waals surface area contributed by atoms with Crippen molar-refractivity contribution in [2.24, 2.45) is 0 Å². The molecule has 0 atom stereocenters. The van der Waals surface area contributed by atoms with Gasteiger partial charge >= 0.3 is 0 Å². The third-order valence-corrected chi connectivity index (χ3v) is 24.2. The zero-order chi connectivity index (χ0) is 72.9. The molecule has 0 bridgehead atoms. The molecule has 0 radical (unpaired) electrons. The predicted molar refractivity (Wildman–Crippen MR) is 448 cm³/mol. The van der Waals surface area contributed by atoms with Crippen LogP contribution in [-0.2, 0) is 16.2 Å². The molecular formula is C105H67N3O3. The smallest absolute Gasteiger partial charge is 0.132 e. The zero-order valence-electron chi connectivity index (χ0n) is 60.2. The average Bonchev–Trinajstić information content (AvgIpc) is 0.688. The summed E-state index contributed by atoms with van der Waals surface area (Å²) in [5.41, 5.74) is 29.2. The molecule has 6 nitrogen and oxygen atoms in total. The normalized spacial score (nSPS) is 14.5. The van der Waals surface area contributed by atoms with Crippen molar-refractivity contribution in [1.29, 1.82) is 0 Å². The van der Waals surface area contributed by atoms with Crippen LogP contribution in [0, 0.1) is 0 Å². The maximum Gasteiger partial charge on any atom is 0.132 e.